The fourth-order valence-corrected chi connectivity index (χ4v) is 4.80. The highest BCUT2D eigenvalue weighted by Crippen LogP contribution is 2.26. The van der Waals surface area contributed by atoms with Crippen LogP contribution < -0.4 is 5.32 Å². The van der Waals surface area contributed by atoms with Crippen LogP contribution in [0.4, 0.5) is 4.39 Å². The number of nitrogens with one attached hydrogen (secondary N) is 1. The van der Waals surface area contributed by atoms with Crippen molar-refractivity contribution < 1.29 is 17.6 Å². The Bertz CT molecular complexity index is 897. The quantitative estimate of drug-likeness (QED) is 0.872. The van der Waals surface area contributed by atoms with Crippen LogP contribution in [-0.2, 0) is 21.4 Å². The molecule has 7 heteroatoms. The smallest absolute Gasteiger partial charge is 0.243 e. The molecule has 0 bridgehead atoms. The molecule has 0 aliphatic carbocycles. The number of sulfonamides is 1. The largest absolute Gasteiger partial charge is 0.351 e. The van der Waals surface area contributed by atoms with Crippen molar-refractivity contribution in [2.75, 3.05) is 6.54 Å². The summed E-state index contributed by atoms with van der Waals surface area (Å²) < 4.78 is 39.9. The standard InChI is InChI=1S/C19H21FN2O3S/c1-14-5-2-3-6-15(14)13-21-19(23)18-7-4-12-22(18)26(24,25)17-10-8-16(20)9-11-17/h2-3,5-6,8-11,18H,4,7,12-13H2,1H3,(H,21,23)/t18-/m0/s1. The molecule has 1 saturated heterocycles. The Hall–Kier alpha value is -2.25. The first-order valence-electron chi connectivity index (χ1n) is 8.49. The molecule has 3 rings (SSSR count). The van der Waals surface area contributed by atoms with Gasteiger partial charge in [-0.25, -0.2) is 12.8 Å². The third-order valence-electron chi connectivity index (χ3n) is 4.64. The molecule has 1 N–H and O–H groups in total. The molecule has 5 nitrogen and oxygen atoms in total. The Morgan fingerprint density at radius 3 is 2.58 bits per heavy atom. The van der Waals surface area contributed by atoms with Crippen molar-refractivity contribution in [3.63, 3.8) is 0 Å². The maximum atomic E-state index is 13.1. The van der Waals surface area contributed by atoms with E-state index in [-0.39, 0.29) is 17.3 Å². The first-order valence-corrected chi connectivity index (χ1v) is 9.93. The molecule has 2 aromatic carbocycles. The predicted octanol–water partition coefficient (Wildman–Crippen LogP) is 2.60. The van der Waals surface area contributed by atoms with Crippen LogP contribution in [0.25, 0.3) is 0 Å². The molecular formula is C19H21FN2O3S. The summed E-state index contributed by atoms with van der Waals surface area (Å²) in [7, 11) is -3.83. The number of hydrogen-bond donors (Lipinski definition) is 1. The van der Waals surface area contributed by atoms with Crippen molar-refractivity contribution in [2.24, 2.45) is 0 Å². The predicted molar refractivity (Wildman–Crippen MR) is 96.3 cm³/mol. The van der Waals surface area contributed by atoms with Gasteiger partial charge in [0, 0.05) is 13.1 Å². The molecule has 0 saturated carbocycles. The number of amides is 1. The number of nitrogens with zero attached hydrogens (tertiary/aromatic N) is 1. The van der Waals surface area contributed by atoms with Gasteiger partial charge in [-0.05, 0) is 55.2 Å². The SMILES string of the molecule is Cc1ccccc1CNC(=O)[C@@H]1CCCN1S(=O)(=O)c1ccc(F)cc1. The second kappa shape index (κ2) is 7.55. The zero-order valence-electron chi connectivity index (χ0n) is 14.5. The molecule has 1 atom stereocenters. The van der Waals surface area contributed by atoms with E-state index < -0.39 is 21.9 Å². The Balaban J connectivity index is 1.74. The van der Waals surface area contributed by atoms with E-state index in [1.54, 1.807) is 0 Å². The van der Waals surface area contributed by atoms with E-state index in [1.165, 1.54) is 16.4 Å². The van der Waals surface area contributed by atoms with Crippen molar-refractivity contribution in [1.29, 1.82) is 0 Å². The summed E-state index contributed by atoms with van der Waals surface area (Å²) >= 11 is 0. The number of carbonyl (C=O) groups is 1. The Kier molecular flexibility index (Phi) is 5.38. The van der Waals surface area contributed by atoms with Gasteiger partial charge in [0.1, 0.15) is 11.9 Å². The first-order chi connectivity index (χ1) is 12.4. The summed E-state index contributed by atoms with van der Waals surface area (Å²) in [5.41, 5.74) is 2.06. The Morgan fingerprint density at radius 1 is 1.19 bits per heavy atom. The zero-order chi connectivity index (χ0) is 18.7. The molecule has 0 spiro atoms. The minimum Gasteiger partial charge on any atom is -0.351 e. The van der Waals surface area contributed by atoms with E-state index >= 15 is 0 Å². The molecule has 1 amide bonds. The van der Waals surface area contributed by atoms with Gasteiger partial charge >= 0.3 is 0 Å². The number of rotatable bonds is 5. The van der Waals surface area contributed by atoms with Crippen molar-refractivity contribution in [3.05, 3.63) is 65.5 Å². The van der Waals surface area contributed by atoms with Gasteiger partial charge < -0.3 is 5.32 Å². The maximum Gasteiger partial charge on any atom is 0.243 e. The van der Waals surface area contributed by atoms with E-state index in [0.29, 0.717) is 19.4 Å². The van der Waals surface area contributed by atoms with Crippen LogP contribution in [0, 0.1) is 12.7 Å². The Morgan fingerprint density at radius 2 is 1.88 bits per heavy atom. The molecular weight excluding hydrogens is 355 g/mol. The lowest BCUT2D eigenvalue weighted by Gasteiger charge is -2.23. The van der Waals surface area contributed by atoms with Crippen molar-refractivity contribution in [3.8, 4) is 0 Å². The molecule has 2 aromatic rings. The normalized spacial score (nSPS) is 18.0. The highest BCUT2D eigenvalue weighted by atomic mass is 32.2. The summed E-state index contributed by atoms with van der Waals surface area (Å²) in [5.74, 6) is -0.811. The number of benzene rings is 2. The van der Waals surface area contributed by atoms with Gasteiger partial charge in [-0.1, -0.05) is 24.3 Å². The highest BCUT2D eigenvalue weighted by molar-refractivity contribution is 7.89. The number of halogens is 1. The third kappa shape index (κ3) is 3.78. The number of carbonyl (C=O) groups excluding carboxylic acids is 1. The minimum atomic E-state index is -3.83. The number of hydrogen-bond acceptors (Lipinski definition) is 3. The van der Waals surface area contributed by atoms with Crippen LogP contribution in [-0.4, -0.2) is 31.2 Å². The average Bonchev–Trinajstić information content (AvgIpc) is 3.12. The molecule has 26 heavy (non-hydrogen) atoms. The minimum absolute atomic E-state index is 0.00231. The molecule has 1 aliphatic heterocycles. The maximum absolute atomic E-state index is 13.1. The molecule has 1 heterocycles. The fourth-order valence-electron chi connectivity index (χ4n) is 3.14. The van der Waals surface area contributed by atoms with E-state index in [0.717, 1.165) is 23.3 Å². The van der Waals surface area contributed by atoms with Gasteiger partial charge in [-0.15, -0.1) is 0 Å². The topological polar surface area (TPSA) is 66.5 Å². The summed E-state index contributed by atoms with van der Waals surface area (Å²) in [5, 5.41) is 2.84. The van der Waals surface area contributed by atoms with Crippen molar-refractivity contribution in [1.82, 2.24) is 9.62 Å². The fraction of sp³-hybridized carbons (Fsp3) is 0.316. The van der Waals surface area contributed by atoms with Gasteiger partial charge in [0.25, 0.3) is 0 Å². The van der Waals surface area contributed by atoms with Gasteiger partial charge in [-0.2, -0.15) is 4.31 Å². The van der Waals surface area contributed by atoms with Crippen LogP contribution in [0.1, 0.15) is 24.0 Å². The lowest BCUT2D eigenvalue weighted by molar-refractivity contribution is -0.124. The lowest BCUT2D eigenvalue weighted by Crippen LogP contribution is -2.45. The molecule has 1 fully saturated rings. The lowest BCUT2D eigenvalue weighted by atomic mass is 10.1. The first kappa shape index (κ1) is 18.5. The van der Waals surface area contributed by atoms with E-state index in [9.17, 15) is 17.6 Å². The van der Waals surface area contributed by atoms with Crippen LogP contribution in [0.5, 0.6) is 0 Å². The van der Waals surface area contributed by atoms with Crippen molar-refractivity contribution >= 4 is 15.9 Å². The Labute approximate surface area is 152 Å². The summed E-state index contributed by atoms with van der Waals surface area (Å²) in [6.45, 7) is 2.59. The van der Waals surface area contributed by atoms with Gasteiger partial charge in [0.15, 0.2) is 0 Å². The molecule has 1 aliphatic rings. The number of aryl methyl sites for hydroxylation is 1. The second-order valence-electron chi connectivity index (χ2n) is 6.37. The summed E-state index contributed by atoms with van der Waals surface area (Å²) in [6, 6.07) is 11.6. The zero-order valence-corrected chi connectivity index (χ0v) is 15.3. The third-order valence-corrected chi connectivity index (χ3v) is 6.56. The molecule has 138 valence electrons. The van der Waals surface area contributed by atoms with Crippen LogP contribution in [0.2, 0.25) is 0 Å². The van der Waals surface area contributed by atoms with E-state index in [4.69, 9.17) is 0 Å². The molecule has 0 unspecified atom stereocenters. The molecule has 0 aromatic heterocycles. The van der Waals surface area contributed by atoms with Gasteiger partial charge in [-0.3, -0.25) is 4.79 Å². The monoisotopic (exact) mass is 376 g/mol. The van der Waals surface area contributed by atoms with Crippen molar-refractivity contribution in [2.45, 2.75) is 37.2 Å². The van der Waals surface area contributed by atoms with E-state index in [2.05, 4.69) is 5.32 Å². The second-order valence-corrected chi connectivity index (χ2v) is 8.26. The van der Waals surface area contributed by atoms with E-state index in [1.807, 2.05) is 31.2 Å². The average molecular weight is 376 g/mol. The van der Waals surface area contributed by atoms with Crippen LogP contribution in [0.3, 0.4) is 0 Å². The van der Waals surface area contributed by atoms with Gasteiger partial charge in [0.05, 0.1) is 4.90 Å². The van der Waals surface area contributed by atoms with Gasteiger partial charge in [0.2, 0.25) is 15.9 Å². The summed E-state index contributed by atoms with van der Waals surface area (Å²) in [4.78, 5) is 12.6. The van der Waals surface area contributed by atoms with Crippen LogP contribution >= 0.6 is 0 Å². The molecule has 0 radical (unpaired) electrons. The summed E-state index contributed by atoms with van der Waals surface area (Å²) in [6.07, 6.45) is 1.09. The highest BCUT2D eigenvalue weighted by Gasteiger charge is 2.39. The van der Waals surface area contributed by atoms with Crippen LogP contribution in [0.15, 0.2) is 53.4 Å².